The Bertz CT molecular complexity index is 660. The highest BCUT2D eigenvalue weighted by molar-refractivity contribution is 6.02. The number of carbonyl (C=O) groups excluding carboxylic acids is 1. The molecule has 1 aromatic heterocycles. The van der Waals surface area contributed by atoms with E-state index in [0.717, 1.165) is 17.2 Å². The maximum absolute atomic E-state index is 11.8. The summed E-state index contributed by atoms with van der Waals surface area (Å²) < 4.78 is 0. The van der Waals surface area contributed by atoms with E-state index < -0.39 is 5.97 Å². The van der Waals surface area contributed by atoms with E-state index in [4.69, 9.17) is 5.11 Å². The molecule has 0 unspecified atom stereocenters. The van der Waals surface area contributed by atoms with Gasteiger partial charge in [-0.25, -0.2) is 4.79 Å². The lowest BCUT2D eigenvalue weighted by Gasteiger charge is -2.06. The predicted molar refractivity (Wildman–Crippen MR) is 74.4 cm³/mol. The number of carbonyl (C=O) groups is 2. The fourth-order valence-electron chi connectivity index (χ4n) is 1.68. The van der Waals surface area contributed by atoms with Crippen LogP contribution < -0.4 is 5.32 Å². The first-order chi connectivity index (χ1) is 9.56. The molecule has 0 saturated carbocycles. The lowest BCUT2D eigenvalue weighted by atomic mass is 10.1. The summed E-state index contributed by atoms with van der Waals surface area (Å²) in [4.78, 5) is 22.3. The van der Waals surface area contributed by atoms with Gasteiger partial charge in [-0.3, -0.25) is 9.89 Å². The minimum Gasteiger partial charge on any atom is -0.478 e. The van der Waals surface area contributed by atoms with Crippen molar-refractivity contribution in [1.29, 1.82) is 0 Å². The molecule has 6 nitrogen and oxygen atoms in total. The largest absolute Gasteiger partial charge is 0.478 e. The number of aromatic nitrogens is 2. The molecule has 0 spiro atoms. The first-order valence-electron chi connectivity index (χ1n) is 5.88. The quantitative estimate of drug-likeness (QED) is 0.742. The van der Waals surface area contributed by atoms with Gasteiger partial charge in [0, 0.05) is 18.0 Å². The molecule has 1 amide bonds. The molecule has 2 aromatic rings. The molecule has 102 valence electrons. The maximum atomic E-state index is 11.8. The lowest BCUT2D eigenvalue weighted by molar-refractivity contribution is -0.131. The molecule has 0 saturated heterocycles. The number of H-pyrrole nitrogens is 1. The molecule has 0 aliphatic rings. The molecule has 2 rings (SSSR count). The second-order valence-corrected chi connectivity index (χ2v) is 4.17. The minimum absolute atomic E-state index is 0.282. The Morgan fingerprint density at radius 1 is 1.35 bits per heavy atom. The van der Waals surface area contributed by atoms with Gasteiger partial charge in [-0.2, -0.15) is 5.10 Å². The molecule has 1 aromatic carbocycles. The van der Waals surface area contributed by atoms with E-state index in [1.54, 1.807) is 24.3 Å². The highest BCUT2D eigenvalue weighted by Crippen LogP contribution is 2.17. The summed E-state index contributed by atoms with van der Waals surface area (Å²) in [7, 11) is 0. The van der Waals surface area contributed by atoms with Gasteiger partial charge in [-0.05, 0) is 42.3 Å². The fraction of sp³-hybridized carbons (Fsp3) is 0.0714. The van der Waals surface area contributed by atoms with E-state index in [2.05, 4.69) is 15.5 Å². The minimum atomic E-state index is -0.999. The van der Waals surface area contributed by atoms with Crippen LogP contribution in [0.2, 0.25) is 0 Å². The molecule has 0 aliphatic carbocycles. The third-order valence-electron chi connectivity index (χ3n) is 2.68. The molecule has 0 fully saturated rings. The summed E-state index contributed by atoms with van der Waals surface area (Å²) in [5.74, 6) is -1.28. The van der Waals surface area contributed by atoms with Crippen LogP contribution in [-0.2, 0) is 4.79 Å². The first-order valence-corrected chi connectivity index (χ1v) is 5.88. The summed E-state index contributed by atoms with van der Waals surface area (Å²) in [6.45, 7) is 1.84. The Labute approximate surface area is 115 Å². The number of anilines is 1. The van der Waals surface area contributed by atoms with Gasteiger partial charge in [-0.1, -0.05) is 6.07 Å². The average molecular weight is 271 g/mol. The molecule has 1 heterocycles. The highest BCUT2D eigenvalue weighted by atomic mass is 16.4. The fourth-order valence-corrected chi connectivity index (χ4v) is 1.68. The van der Waals surface area contributed by atoms with Crippen LogP contribution in [0, 0.1) is 6.92 Å². The van der Waals surface area contributed by atoms with Crippen molar-refractivity contribution in [2.75, 3.05) is 5.32 Å². The normalized spacial score (nSPS) is 10.7. The Kier molecular flexibility index (Phi) is 3.95. The van der Waals surface area contributed by atoms with Crippen molar-refractivity contribution in [3.05, 3.63) is 53.4 Å². The van der Waals surface area contributed by atoms with Gasteiger partial charge >= 0.3 is 5.97 Å². The lowest BCUT2D eigenvalue weighted by Crippen LogP contribution is -2.12. The third-order valence-corrected chi connectivity index (χ3v) is 2.68. The van der Waals surface area contributed by atoms with Crippen molar-refractivity contribution in [2.24, 2.45) is 0 Å². The van der Waals surface area contributed by atoms with Crippen molar-refractivity contribution in [3.63, 3.8) is 0 Å². The van der Waals surface area contributed by atoms with Crippen LogP contribution in [0.25, 0.3) is 6.08 Å². The van der Waals surface area contributed by atoms with E-state index in [1.807, 2.05) is 6.92 Å². The number of hydrogen-bond acceptors (Lipinski definition) is 3. The number of carboxylic acid groups (broad SMARTS) is 1. The number of nitrogens with zero attached hydrogens (tertiary/aromatic N) is 1. The van der Waals surface area contributed by atoms with Gasteiger partial charge in [-0.15, -0.1) is 0 Å². The van der Waals surface area contributed by atoms with E-state index in [0.29, 0.717) is 11.4 Å². The molecule has 0 bridgehead atoms. The Morgan fingerprint density at radius 2 is 2.15 bits per heavy atom. The van der Waals surface area contributed by atoms with Crippen LogP contribution in [0.4, 0.5) is 5.69 Å². The van der Waals surface area contributed by atoms with Crippen LogP contribution in [0.5, 0.6) is 0 Å². The molecular formula is C14H13N3O3. The molecule has 0 aliphatic heterocycles. The number of aromatic amines is 1. The Balaban J connectivity index is 2.13. The zero-order valence-corrected chi connectivity index (χ0v) is 10.8. The molecule has 3 N–H and O–H groups in total. The van der Waals surface area contributed by atoms with Crippen LogP contribution >= 0.6 is 0 Å². The van der Waals surface area contributed by atoms with Crippen LogP contribution in [0.1, 0.15) is 21.6 Å². The van der Waals surface area contributed by atoms with Crippen molar-refractivity contribution in [3.8, 4) is 0 Å². The summed E-state index contributed by atoms with van der Waals surface area (Å²) in [5.41, 5.74) is 2.66. The zero-order chi connectivity index (χ0) is 14.5. The first kappa shape index (κ1) is 13.5. The van der Waals surface area contributed by atoms with Gasteiger partial charge in [0.15, 0.2) is 0 Å². The molecule has 0 radical (unpaired) electrons. The number of hydrogen-bond donors (Lipinski definition) is 3. The van der Waals surface area contributed by atoms with Crippen molar-refractivity contribution < 1.29 is 14.7 Å². The van der Waals surface area contributed by atoms with E-state index in [-0.39, 0.29) is 5.91 Å². The summed E-state index contributed by atoms with van der Waals surface area (Å²) >= 11 is 0. The second-order valence-electron chi connectivity index (χ2n) is 4.17. The number of amides is 1. The molecular weight excluding hydrogens is 258 g/mol. The van der Waals surface area contributed by atoms with E-state index in [9.17, 15) is 9.59 Å². The van der Waals surface area contributed by atoms with Gasteiger partial charge in [0.1, 0.15) is 5.69 Å². The zero-order valence-electron chi connectivity index (χ0n) is 10.8. The molecule has 0 atom stereocenters. The van der Waals surface area contributed by atoms with Gasteiger partial charge < -0.3 is 10.4 Å². The van der Waals surface area contributed by atoms with Crippen molar-refractivity contribution in [2.45, 2.75) is 6.92 Å². The monoisotopic (exact) mass is 271 g/mol. The number of carboxylic acids is 1. The number of benzene rings is 1. The standard InChI is InChI=1S/C14H13N3O3/c1-9-8-11(4-2-10(9)3-5-13(18)19)16-14(20)12-6-7-15-17-12/h2-8H,1H3,(H,15,17)(H,16,20)(H,18,19). The Hall–Kier alpha value is -2.89. The van der Waals surface area contributed by atoms with Crippen molar-refractivity contribution in [1.82, 2.24) is 10.2 Å². The predicted octanol–water partition coefficient (Wildman–Crippen LogP) is 2.07. The smallest absolute Gasteiger partial charge is 0.328 e. The molecule has 20 heavy (non-hydrogen) atoms. The number of rotatable bonds is 4. The van der Waals surface area contributed by atoms with E-state index in [1.165, 1.54) is 12.3 Å². The highest BCUT2D eigenvalue weighted by Gasteiger charge is 2.07. The topological polar surface area (TPSA) is 95.1 Å². The van der Waals surface area contributed by atoms with E-state index >= 15 is 0 Å². The van der Waals surface area contributed by atoms with Crippen molar-refractivity contribution >= 4 is 23.6 Å². The SMILES string of the molecule is Cc1cc(NC(=O)c2ccn[nH]2)ccc1C=CC(=O)O. The summed E-state index contributed by atoms with van der Waals surface area (Å²) in [6, 6.07) is 6.81. The number of nitrogens with one attached hydrogen (secondary N) is 2. The number of aryl methyl sites for hydroxylation is 1. The number of aliphatic carboxylic acids is 1. The van der Waals surface area contributed by atoms with Crippen LogP contribution in [0.3, 0.4) is 0 Å². The summed E-state index contributed by atoms with van der Waals surface area (Å²) in [6.07, 6.45) is 4.09. The van der Waals surface area contributed by atoms with Gasteiger partial charge in [0.05, 0.1) is 0 Å². The van der Waals surface area contributed by atoms with Gasteiger partial charge in [0.25, 0.3) is 5.91 Å². The molecule has 6 heteroatoms. The third kappa shape index (κ3) is 3.32. The maximum Gasteiger partial charge on any atom is 0.328 e. The Morgan fingerprint density at radius 3 is 2.75 bits per heavy atom. The average Bonchev–Trinajstić information content (AvgIpc) is 2.91. The van der Waals surface area contributed by atoms with Crippen LogP contribution in [-0.4, -0.2) is 27.2 Å². The summed E-state index contributed by atoms with van der Waals surface area (Å²) in [5, 5.41) is 17.6. The second kappa shape index (κ2) is 5.83. The van der Waals surface area contributed by atoms with Gasteiger partial charge in [0.2, 0.25) is 0 Å². The van der Waals surface area contributed by atoms with Crippen LogP contribution in [0.15, 0.2) is 36.5 Å².